The van der Waals surface area contributed by atoms with Crippen LogP contribution in [0.15, 0.2) is 12.4 Å². The predicted octanol–water partition coefficient (Wildman–Crippen LogP) is 2.70. The highest BCUT2D eigenvalue weighted by Crippen LogP contribution is 2.25. The van der Waals surface area contributed by atoms with Crippen LogP contribution in [0.25, 0.3) is 11.0 Å². The second-order valence-corrected chi connectivity index (χ2v) is 7.36. The van der Waals surface area contributed by atoms with Gasteiger partial charge in [0.15, 0.2) is 5.65 Å². The lowest BCUT2D eigenvalue weighted by Crippen LogP contribution is -2.42. The molecule has 25 heavy (non-hydrogen) atoms. The van der Waals surface area contributed by atoms with E-state index in [0.717, 1.165) is 61.6 Å². The van der Waals surface area contributed by atoms with Crippen molar-refractivity contribution in [2.45, 2.75) is 51.7 Å². The lowest BCUT2D eigenvalue weighted by molar-refractivity contribution is 0.0654. The molecule has 4 rings (SSSR count). The summed E-state index contributed by atoms with van der Waals surface area (Å²) >= 11 is 0. The van der Waals surface area contributed by atoms with E-state index in [4.69, 9.17) is 4.74 Å². The highest BCUT2D eigenvalue weighted by Gasteiger charge is 2.24. The molecule has 0 amide bonds. The largest absolute Gasteiger partial charge is 0.377 e. The van der Waals surface area contributed by atoms with Crippen LogP contribution in [0, 0.1) is 13.8 Å². The molecule has 1 N–H and O–H groups in total. The summed E-state index contributed by atoms with van der Waals surface area (Å²) in [6, 6.07) is 2.56. The van der Waals surface area contributed by atoms with E-state index < -0.39 is 0 Å². The number of fused-ring (bicyclic) bond motifs is 1. The highest BCUT2D eigenvalue weighted by atomic mass is 16.5. The Labute approximate surface area is 149 Å². The van der Waals surface area contributed by atoms with E-state index in [-0.39, 0.29) is 0 Å². The molecule has 6 nitrogen and oxygen atoms in total. The van der Waals surface area contributed by atoms with Gasteiger partial charge in [-0.3, -0.25) is 0 Å². The number of ether oxygens (including phenoxy) is 1. The van der Waals surface area contributed by atoms with Crippen molar-refractivity contribution in [3.8, 4) is 0 Å². The normalized spacial score (nSPS) is 22.6. The molecule has 6 heteroatoms. The zero-order valence-corrected chi connectivity index (χ0v) is 15.2. The van der Waals surface area contributed by atoms with Crippen LogP contribution in [0.5, 0.6) is 0 Å². The van der Waals surface area contributed by atoms with Crippen molar-refractivity contribution >= 4 is 16.9 Å². The third kappa shape index (κ3) is 3.75. The van der Waals surface area contributed by atoms with Gasteiger partial charge in [0.2, 0.25) is 0 Å². The first-order chi connectivity index (χ1) is 12.2. The van der Waals surface area contributed by atoms with E-state index in [1.807, 2.05) is 6.92 Å². The average Bonchev–Trinajstić information content (AvgIpc) is 3.09. The van der Waals surface area contributed by atoms with Gasteiger partial charge in [-0.15, -0.1) is 0 Å². The van der Waals surface area contributed by atoms with Gasteiger partial charge in [0, 0.05) is 38.0 Å². The minimum atomic E-state index is 0.451. The fraction of sp³-hybridized carbons (Fsp3) is 0.632. The summed E-state index contributed by atoms with van der Waals surface area (Å²) in [5.74, 6) is 0.924. The Bertz CT molecular complexity index is 736. The third-order valence-corrected chi connectivity index (χ3v) is 5.34. The average molecular weight is 341 g/mol. The molecule has 0 saturated carbocycles. The fourth-order valence-corrected chi connectivity index (χ4v) is 4.05. The van der Waals surface area contributed by atoms with Crippen LogP contribution in [0.1, 0.15) is 36.9 Å². The fourth-order valence-electron chi connectivity index (χ4n) is 4.05. The van der Waals surface area contributed by atoms with Crippen LogP contribution in [0.3, 0.4) is 0 Å². The molecule has 2 fully saturated rings. The molecule has 2 aliphatic heterocycles. The van der Waals surface area contributed by atoms with E-state index in [2.05, 4.69) is 38.2 Å². The molecular weight excluding hydrogens is 314 g/mol. The minimum Gasteiger partial charge on any atom is -0.377 e. The first-order valence-electron chi connectivity index (χ1n) is 9.38. The van der Waals surface area contributed by atoms with Crippen LogP contribution < -0.4 is 5.32 Å². The van der Waals surface area contributed by atoms with E-state index in [1.54, 1.807) is 6.33 Å². The number of piperidine rings is 1. The minimum absolute atomic E-state index is 0.451. The quantitative estimate of drug-likeness (QED) is 0.922. The number of pyridine rings is 1. The maximum absolute atomic E-state index is 5.77. The van der Waals surface area contributed by atoms with Gasteiger partial charge in [0.05, 0.1) is 11.5 Å². The Hall–Kier alpha value is -1.79. The highest BCUT2D eigenvalue weighted by molar-refractivity contribution is 5.89. The van der Waals surface area contributed by atoms with Crippen LogP contribution in [0.4, 0.5) is 5.82 Å². The maximum Gasteiger partial charge on any atom is 0.165 e. The van der Waals surface area contributed by atoms with Crippen molar-refractivity contribution in [3.63, 3.8) is 0 Å². The van der Waals surface area contributed by atoms with Crippen molar-refractivity contribution < 1.29 is 4.74 Å². The summed E-state index contributed by atoms with van der Waals surface area (Å²) in [5.41, 5.74) is 2.96. The van der Waals surface area contributed by atoms with Gasteiger partial charge in [0.1, 0.15) is 12.1 Å². The number of nitrogens with zero attached hydrogens (tertiary/aromatic N) is 4. The number of hydrogen-bond donors (Lipinski definition) is 1. The number of aryl methyl sites for hydroxylation is 2. The molecule has 0 bridgehead atoms. The van der Waals surface area contributed by atoms with Gasteiger partial charge >= 0.3 is 0 Å². The van der Waals surface area contributed by atoms with Crippen molar-refractivity contribution in [1.29, 1.82) is 0 Å². The van der Waals surface area contributed by atoms with Crippen molar-refractivity contribution in [1.82, 2.24) is 19.9 Å². The molecule has 0 aromatic carbocycles. The van der Waals surface area contributed by atoms with E-state index in [0.29, 0.717) is 12.1 Å². The van der Waals surface area contributed by atoms with Crippen molar-refractivity contribution in [2.24, 2.45) is 0 Å². The molecule has 0 spiro atoms. The third-order valence-electron chi connectivity index (χ3n) is 5.34. The van der Waals surface area contributed by atoms with Gasteiger partial charge in [-0.05, 0) is 51.2 Å². The maximum atomic E-state index is 5.77. The Morgan fingerprint density at radius 2 is 2.04 bits per heavy atom. The molecule has 2 saturated heterocycles. The standard InChI is InChI=1S/C19H27N5O/c1-13-10-14(2)22-18-17(13)19(21-12-20-18)23-15-5-7-24(8-6-15)11-16-4-3-9-25-16/h10,12,15-16H,3-9,11H2,1-2H3,(H,20,21,22,23)/t16-/m1/s1. The number of likely N-dealkylation sites (tertiary alicyclic amines) is 1. The van der Waals surface area contributed by atoms with Gasteiger partial charge in [-0.1, -0.05) is 0 Å². The summed E-state index contributed by atoms with van der Waals surface area (Å²) in [4.78, 5) is 15.9. The monoisotopic (exact) mass is 341 g/mol. The molecule has 4 heterocycles. The number of rotatable bonds is 4. The molecule has 1 atom stereocenters. The van der Waals surface area contributed by atoms with E-state index in [1.165, 1.54) is 18.4 Å². The summed E-state index contributed by atoms with van der Waals surface area (Å²) < 4.78 is 5.77. The van der Waals surface area contributed by atoms with Gasteiger partial charge < -0.3 is 15.0 Å². The van der Waals surface area contributed by atoms with Gasteiger partial charge in [-0.2, -0.15) is 0 Å². The molecule has 134 valence electrons. The Morgan fingerprint density at radius 3 is 2.80 bits per heavy atom. The second kappa shape index (κ2) is 7.22. The molecule has 0 unspecified atom stereocenters. The number of aromatic nitrogens is 3. The lowest BCUT2D eigenvalue weighted by Gasteiger charge is -2.34. The summed E-state index contributed by atoms with van der Waals surface area (Å²) in [5, 5.41) is 4.70. The molecular formula is C19H27N5O. The first kappa shape index (κ1) is 16.7. The van der Waals surface area contributed by atoms with Gasteiger partial charge in [-0.25, -0.2) is 15.0 Å². The van der Waals surface area contributed by atoms with E-state index >= 15 is 0 Å². The van der Waals surface area contributed by atoms with Crippen LogP contribution in [-0.4, -0.2) is 58.2 Å². The Balaban J connectivity index is 1.41. The molecule has 0 radical (unpaired) electrons. The smallest absolute Gasteiger partial charge is 0.165 e. The number of anilines is 1. The van der Waals surface area contributed by atoms with Crippen LogP contribution >= 0.6 is 0 Å². The first-order valence-corrected chi connectivity index (χ1v) is 9.38. The van der Waals surface area contributed by atoms with Crippen LogP contribution in [0.2, 0.25) is 0 Å². The Kier molecular flexibility index (Phi) is 4.81. The number of nitrogens with one attached hydrogen (secondary N) is 1. The van der Waals surface area contributed by atoms with Crippen molar-refractivity contribution in [3.05, 3.63) is 23.7 Å². The van der Waals surface area contributed by atoms with Crippen molar-refractivity contribution in [2.75, 3.05) is 31.6 Å². The molecule has 2 aromatic rings. The summed E-state index contributed by atoms with van der Waals surface area (Å²) in [6.07, 6.45) is 6.77. The topological polar surface area (TPSA) is 63.2 Å². The molecule has 2 aliphatic rings. The van der Waals surface area contributed by atoms with Gasteiger partial charge in [0.25, 0.3) is 0 Å². The molecule has 2 aromatic heterocycles. The zero-order chi connectivity index (χ0) is 17.2. The SMILES string of the molecule is Cc1cc(C)c2c(NC3CCN(C[C@H]4CCCO4)CC3)ncnc2n1. The lowest BCUT2D eigenvalue weighted by atomic mass is 10.0. The summed E-state index contributed by atoms with van der Waals surface area (Å²) in [7, 11) is 0. The second-order valence-electron chi connectivity index (χ2n) is 7.36. The predicted molar refractivity (Wildman–Crippen MR) is 98.9 cm³/mol. The van der Waals surface area contributed by atoms with Crippen LogP contribution in [-0.2, 0) is 4.74 Å². The molecule has 0 aliphatic carbocycles. The summed E-state index contributed by atoms with van der Waals surface area (Å²) in [6.45, 7) is 8.39. The van der Waals surface area contributed by atoms with E-state index in [9.17, 15) is 0 Å². The Morgan fingerprint density at radius 1 is 1.20 bits per heavy atom. The number of hydrogen-bond acceptors (Lipinski definition) is 6. The zero-order valence-electron chi connectivity index (χ0n) is 15.2.